The van der Waals surface area contributed by atoms with E-state index in [4.69, 9.17) is 10.5 Å². The quantitative estimate of drug-likeness (QED) is 0.499. The molecule has 4 N–H and O–H groups in total. The van der Waals surface area contributed by atoms with Gasteiger partial charge in [0.05, 0.1) is 6.17 Å². The molecule has 1 aromatic carbocycles. The van der Waals surface area contributed by atoms with Gasteiger partial charge in [-0.1, -0.05) is 0 Å². The molecule has 12 heteroatoms. The van der Waals surface area contributed by atoms with E-state index < -0.39 is 47.0 Å². The minimum atomic E-state index is -3.30. The molecule has 0 aliphatic carbocycles. The predicted molar refractivity (Wildman–Crippen MR) is 123 cm³/mol. The highest BCUT2D eigenvalue weighted by molar-refractivity contribution is 9.10. The Labute approximate surface area is 202 Å². The van der Waals surface area contributed by atoms with Crippen LogP contribution in [0.2, 0.25) is 0 Å². The summed E-state index contributed by atoms with van der Waals surface area (Å²) in [7, 11) is 0. The molecule has 0 bridgehead atoms. The first-order chi connectivity index (χ1) is 15.8. The second-order valence-corrected chi connectivity index (χ2v) is 9.47. The molecule has 2 aromatic rings. The van der Waals surface area contributed by atoms with Gasteiger partial charge in [0.25, 0.3) is 12.3 Å². The van der Waals surface area contributed by atoms with E-state index in [9.17, 15) is 22.8 Å². The Morgan fingerprint density at radius 3 is 2.59 bits per heavy atom. The smallest absolute Gasteiger partial charge is 0.354 e. The number of aliphatic imine (C=N–C) groups is 1. The van der Waals surface area contributed by atoms with Gasteiger partial charge in [-0.25, -0.2) is 22.9 Å². The van der Waals surface area contributed by atoms with Gasteiger partial charge < -0.3 is 15.8 Å². The fourth-order valence-corrected chi connectivity index (χ4v) is 3.53. The Morgan fingerprint density at radius 2 is 2.00 bits per heavy atom. The van der Waals surface area contributed by atoms with E-state index in [-0.39, 0.29) is 23.6 Å². The summed E-state index contributed by atoms with van der Waals surface area (Å²) in [5, 5.41) is 5.08. The fraction of sp³-hybridized carbons (Fsp3) is 0.364. The number of hydrogen-bond donors (Lipinski definition) is 3. The first kappa shape index (κ1) is 25.8. The molecule has 34 heavy (non-hydrogen) atoms. The maximum atomic E-state index is 14.9. The van der Waals surface area contributed by atoms with Gasteiger partial charge in [0.2, 0.25) is 0 Å². The third-order valence-corrected chi connectivity index (χ3v) is 5.34. The van der Waals surface area contributed by atoms with Crippen LogP contribution in [0.15, 0.2) is 46.0 Å². The SMILES string of the molecule is CC(C)(C)OC(=O)C1=NC(c2cc(NC(=O)c3ccc(Br)cn3)ccc2F)(C(F)F)C(N)NC1. The van der Waals surface area contributed by atoms with Crippen molar-refractivity contribution in [2.75, 3.05) is 11.9 Å². The lowest BCUT2D eigenvalue weighted by atomic mass is 9.85. The van der Waals surface area contributed by atoms with Gasteiger partial charge in [0.15, 0.2) is 5.54 Å². The molecule has 1 aliphatic heterocycles. The van der Waals surface area contributed by atoms with Gasteiger partial charge in [0, 0.05) is 28.5 Å². The molecule has 3 rings (SSSR count). The van der Waals surface area contributed by atoms with Gasteiger partial charge in [-0.05, 0) is 67.0 Å². The largest absolute Gasteiger partial charge is 0.455 e. The molecular formula is C22H23BrF3N5O3. The zero-order valence-corrected chi connectivity index (χ0v) is 20.1. The number of aromatic nitrogens is 1. The number of ether oxygens (including phenoxy) is 1. The van der Waals surface area contributed by atoms with Crippen LogP contribution < -0.4 is 16.4 Å². The van der Waals surface area contributed by atoms with Crippen LogP contribution in [-0.4, -0.2) is 47.3 Å². The molecule has 2 unspecified atom stereocenters. The molecule has 182 valence electrons. The van der Waals surface area contributed by atoms with Crippen molar-refractivity contribution < 1.29 is 27.5 Å². The van der Waals surface area contributed by atoms with E-state index in [1.807, 2.05) is 0 Å². The topological polar surface area (TPSA) is 119 Å². The number of rotatable bonds is 5. The van der Waals surface area contributed by atoms with Crippen molar-refractivity contribution in [2.45, 2.75) is 44.5 Å². The van der Waals surface area contributed by atoms with Crippen LogP contribution in [-0.2, 0) is 15.1 Å². The van der Waals surface area contributed by atoms with Gasteiger partial charge >= 0.3 is 5.97 Å². The first-order valence-corrected chi connectivity index (χ1v) is 10.9. The second-order valence-electron chi connectivity index (χ2n) is 8.56. The minimum absolute atomic E-state index is 0.0120. The van der Waals surface area contributed by atoms with Crippen LogP contribution in [0.4, 0.5) is 18.9 Å². The number of nitrogens with one attached hydrogen (secondary N) is 2. The van der Waals surface area contributed by atoms with Gasteiger partial charge in [-0.2, -0.15) is 0 Å². The Hall–Kier alpha value is -2.83. The molecule has 2 atom stereocenters. The number of carbonyl (C=O) groups excluding carboxylic acids is 2. The molecule has 8 nitrogen and oxygen atoms in total. The summed E-state index contributed by atoms with van der Waals surface area (Å²) < 4.78 is 49.8. The highest BCUT2D eigenvalue weighted by atomic mass is 79.9. The highest BCUT2D eigenvalue weighted by Crippen LogP contribution is 2.39. The van der Waals surface area contributed by atoms with Gasteiger partial charge in [-0.15, -0.1) is 0 Å². The van der Waals surface area contributed by atoms with Crippen molar-refractivity contribution >= 4 is 39.2 Å². The summed E-state index contributed by atoms with van der Waals surface area (Å²) in [6, 6.07) is 6.18. The molecule has 0 spiro atoms. The minimum Gasteiger partial charge on any atom is -0.455 e. The van der Waals surface area contributed by atoms with Crippen LogP contribution in [0.25, 0.3) is 0 Å². The normalized spacial score (nSPS) is 20.6. The molecule has 0 fully saturated rings. The lowest BCUT2D eigenvalue weighted by Gasteiger charge is -2.39. The molecule has 0 saturated heterocycles. The van der Waals surface area contributed by atoms with Crippen molar-refractivity contribution in [2.24, 2.45) is 10.7 Å². The van der Waals surface area contributed by atoms with Crippen LogP contribution >= 0.6 is 15.9 Å². The number of carbonyl (C=O) groups is 2. The number of nitrogens with two attached hydrogens (primary N) is 1. The monoisotopic (exact) mass is 541 g/mol. The number of benzene rings is 1. The van der Waals surface area contributed by atoms with Crippen LogP contribution in [0, 0.1) is 5.82 Å². The summed E-state index contributed by atoms with van der Waals surface area (Å²) in [6.45, 7) is 4.59. The summed E-state index contributed by atoms with van der Waals surface area (Å²) in [6.07, 6.45) is -3.43. The van der Waals surface area contributed by atoms with Crippen molar-refractivity contribution in [3.05, 3.63) is 58.1 Å². The third-order valence-electron chi connectivity index (χ3n) is 4.87. The molecular weight excluding hydrogens is 519 g/mol. The highest BCUT2D eigenvalue weighted by Gasteiger charge is 2.52. The van der Waals surface area contributed by atoms with Gasteiger partial charge in [-0.3, -0.25) is 15.1 Å². The average molecular weight is 542 g/mol. The fourth-order valence-electron chi connectivity index (χ4n) is 3.29. The second kappa shape index (κ2) is 9.80. The van der Waals surface area contributed by atoms with E-state index in [2.05, 4.69) is 36.5 Å². The zero-order valence-electron chi connectivity index (χ0n) is 18.5. The Kier molecular flexibility index (Phi) is 7.44. The van der Waals surface area contributed by atoms with Crippen LogP contribution in [0.5, 0.6) is 0 Å². The van der Waals surface area contributed by atoms with E-state index in [0.717, 1.165) is 12.1 Å². The number of hydrogen-bond acceptors (Lipinski definition) is 7. The predicted octanol–water partition coefficient (Wildman–Crippen LogP) is 3.37. The first-order valence-electron chi connectivity index (χ1n) is 10.2. The number of amides is 1. The van der Waals surface area contributed by atoms with Crippen LogP contribution in [0.3, 0.4) is 0 Å². The number of nitrogens with zero attached hydrogens (tertiary/aromatic N) is 2. The van der Waals surface area contributed by atoms with E-state index in [1.54, 1.807) is 26.8 Å². The molecule has 1 aliphatic rings. The van der Waals surface area contributed by atoms with Crippen molar-refractivity contribution in [1.29, 1.82) is 0 Å². The number of anilines is 1. The van der Waals surface area contributed by atoms with Gasteiger partial charge in [0.1, 0.15) is 22.8 Å². The van der Waals surface area contributed by atoms with Crippen molar-refractivity contribution in [3.63, 3.8) is 0 Å². The van der Waals surface area contributed by atoms with Crippen LogP contribution in [0.1, 0.15) is 36.8 Å². The average Bonchev–Trinajstić information content (AvgIpc) is 2.74. The zero-order chi connectivity index (χ0) is 25.3. The number of alkyl halides is 2. The number of esters is 1. The standard InChI is InChI=1S/C22H23BrF3N5O3/c1-21(2,3)34-18(33)16-10-29-20(27)22(31-16,19(25)26)13-8-12(5-6-14(13)24)30-17(32)15-7-4-11(23)9-28-15/h4-9,19-20,29H,10,27H2,1-3H3,(H,30,32). The molecule has 0 saturated carbocycles. The molecule has 1 aromatic heterocycles. The lowest BCUT2D eigenvalue weighted by Crippen LogP contribution is -2.62. The Balaban J connectivity index is 2.03. The third kappa shape index (κ3) is 5.45. The van der Waals surface area contributed by atoms with E-state index in [0.29, 0.717) is 4.47 Å². The molecule has 1 amide bonds. The van der Waals surface area contributed by atoms with Crippen molar-refractivity contribution in [3.8, 4) is 0 Å². The summed E-state index contributed by atoms with van der Waals surface area (Å²) in [5.41, 5.74) is 1.51. The summed E-state index contributed by atoms with van der Waals surface area (Å²) >= 11 is 3.21. The molecule has 2 heterocycles. The number of pyridine rings is 1. The lowest BCUT2D eigenvalue weighted by molar-refractivity contribution is -0.146. The number of halogens is 4. The Morgan fingerprint density at radius 1 is 1.29 bits per heavy atom. The van der Waals surface area contributed by atoms with E-state index >= 15 is 0 Å². The Bertz CT molecular complexity index is 1120. The van der Waals surface area contributed by atoms with E-state index in [1.165, 1.54) is 18.3 Å². The summed E-state index contributed by atoms with van der Waals surface area (Å²) in [5.74, 6) is -2.60. The molecule has 0 radical (unpaired) electrons. The maximum absolute atomic E-state index is 14.9. The maximum Gasteiger partial charge on any atom is 0.354 e. The van der Waals surface area contributed by atoms with Crippen molar-refractivity contribution in [1.82, 2.24) is 10.3 Å². The summed E-state index contributed by atoms with van der Waals surface area (Å²) in [4.78, 5) is 32.9.